The van der Waals surface area contributed by atoms with Gasteiger partial charge >= 0.3 is 12.4 Å². The monoisotopic (exact) mass is 740 g/mol. The Kier molecular flexibility index (Phi) is 11.5. The summed E-state index contributed by atoms with van der Waals surface area (Å²) in [6.45, 7) is 15.5. The number of amidine groups is 2. The van der Waals surface area contributed by atoms with Gasteiger partial charge in [0.1, 0.15) is 11.7 Å². The summed E-state index contributed by atoms with van der Waals surface area (Å²) in [5.74, 6) is 0.938. The molecule has 0 spiro atoms. The number of hydrogen-bond donors (Lipinski definition) is 0. The summed E-state index contributed by atoms with van der Waals surface area (Å²) < 4.78 is 84.7. The average Bonchev–Trinajstić information content (AvgIpc) is 3.06. The molecule has 0 saturated carbocycles. The van der Waals surface area contributed by atoms with Crippen molar-refractivity contribution in [1.82, 2.24) is 9.80 Å². The number of alkyl halides is 6. The highest BCUT2D eigenvalue weighted by atomic mass is 35.5. The van der Waals surface area contributed by atoms with Gasteiger partial charge in [-0.1, -0.05) is 87.3 Å². The molecule has 0 N–H and O–H groups in total. The number of rotatable bonds is 6. The lowest BCUT2D eigenvalue weighted by molar-refractivity contribution is -0.143. The number of hydrogen-bond acceptors (Lipinski definition) is 2. The average molecular weight is 741 g/mol. The van der Waals surface area contributed by atoms with Gasteiger partial charge in [-0.15, -0.1) is 0 Å². The number of para-hydroxylation sites is 2. The number of aliphatic imine (C=N–C) groups is 2. The van der Waals surface area contributed by atoms with Crippen molar-refractivity contribution in [2.75, 3.05) is 19.8 Å². The van der Waals surface area contributed by atoms with Crippen LogP contribution in [0.25, 0.3) is 0 Å². The molecular formula is C41H43ClF6N4. The molecule has 1 saturated heterocycles. The Morgan fingerprint density at radius 2 is 1.19 bits per heavy atom. The molecule has 0 amide bonds. The van der Waals surface area contributed by atoms with Crippen molar-refractivity contribution in [1.29, 1.82) is 0 Å². The summed E-state index contributed by atoms with van der Waals surface area (Å²) in [6.07, 6.45) is -9.53. The zero-order chi connectivity index (χ0) is 38.1. The van der Waals surface area contributed by atoms with Crippen molar-refractivity contribution in [3.63, 3.8) is 0 Å². The smallest absolute Gasteiger partial charge is 0.338 e. The maximum atomic E-state index is 14.1. The predicted molar refractivity (Wildman–Crippen MR) is 198 cm³/mol. The Balaban J connectivity index is 1.75. The van der Waals surface area contributed by atoms with Crippen molar-refractivity contribution in [2.45, 2.75) is 79.1 Å². The summed E-state index contributed by atoms with van der Waals surface area (Å²) in [6, 6.07) is 18.4. The molecule has 0 bridgehead atoms. The summed E-state index contributed by atoms with van der Waals surface area (Å²) in [7, 11) is 0. The molecule has 4 nitrogen and oxygen atoms in total. The first-order valence-corrected chi connectivity index (χ1v) is 17.7. The van der Waals surface area contributed by atoms with E-state index in [0.717, 1.165) is 51.2 Å². The van der Waals surface area contributed by atoms with Crippen molar-refractivity contribution in [3.05, 3.63) is 128 Å². The molecule has 52 heavy (non-hydrogen) atoms. The minimum Gasteiger partial charge on any atom is -0.338 e. The van der Waals surface area contributed by atoms with Crippen molar-refractivity contribution >= 4 is 34.6 Å². The lowest BCUT2D eigenvalue weighted by Crippen LogP contribution is -2.50. The van der Waals surface area contributed by atoms with E-state index in [9.17, 15) is 26.3 Å². The highest BCUT2D eigenvalue weighted by Crippen LogP contribution is 2.39. The standard InChI is InChI=1S/C41H43ClF6N4/c1-24(2)32-12-10-13-33(25(3)4)37(32)50-39(36-27(6)18-26(5)19-28(36)7)52-17-11-16-51(23-52)38(49-35-15-9-8-14-34(35)42)29-20-30(40(43,44)45)22-31(21-29)41(46,47)48/h8-10,12-15,18-22,24-25H,11,16-17,23H2,1-7H3. The number of halogens is 7. The third-order valence-electron chi connectivity index (χ3n) is 9.18. The molecule has 1 heterocycles. The molecule has 0 aliphatic carbocycles. The molecule has 4 aromatic carbocycles. The molecule has 1 aliphatic heterocycles. The fraction of sp³-hybridized carbons (Fsp3) is 0.366. The lowest BCUT2D eigenvalue weighted by Gasteiger charge is -2.40. The van der Waals surface area contributed by atoms with Crippen LogP contribution in [0.5, 0.6) is 0 Å². The Morgan fingerprint density at radius 1 is 0.673 bits per heavy atom. The Hall–Kier alpha value is -4.31. The van der Waals surface area contributed by atoms with Crippen LogP contribution in [-0.2, 0) is 12.4 Å². The topological polar surface area (TPSA) is 31.2 Å². The molecule has 276 valence electrons. The van der Waals surface area contributed by atoms with E-state index in [1.165, 1.54) is 0 Å². The van der Waals surface area contributed by atoms with Gasteiger partial charge in [-0.2, -0.15) is 26.3 Å². The van der Waals surface area contributed by atoms with E-state index in [2.05, 4.69) is 61.9 Å². The van der Waals surface area contributed by atoms with E-state index in [1.807, 2.05) is 26.8 Å². The number of aryl methyl sites for hydroxylation is 3. The van der Waals surface area contributed by atoms with E-state index in [-0.39, 0.29) is 46.7 Å². The molecule has 0 atom stereocenters. The van der Waals surface area contributed by atoms with Crippen LogP contribution in [0.4, 0.5) is 37.7 Å². The normalized spacial score (nSPS) is 14.9. The Bertz CT molecular complexity index is 1910. The molecule has 0 unspecified atom stereocenters. The van der Waals surface area contributed by atoms with Gasteiger partial charge in [-0.05, 0) is 91.6 Å². The van der Waals surface area contributed by atoms with Gasteiger partial charge in [0.25, 0.3) is 0 Å². The third-order valence-corrected chi connectivity index (χ3v) is 9.50. The fourth-order valence-electron chi connectivity index (χ4n) is 6.77. The molecule has 1 aliphatic rings. The first-order chi connectivity index (χ1) is 24.3. The highest BCUT2D eigenvalue weighted by Gasteiger charge is 2.38. The first kappa shape index (κ1) is 38.9. The fourth-order valence-corrected chi connectivity index (χ4v) is 6.95. The molecule has 4 aromatic rings. The maximum Gasteiger partial charge on any atom is 0.416 e. The summed E-state index contributed by atoms with van der Waals surface area (Å²) >= 11 is 6.46. The van der Waals surface area contributed by atoms with E-state index >= 15 is 0 Å². The van der Waals surface area contributed by atoms with Crippen LogP contribution < -0.4 is 0 Å². The van der Waals surface area contributed by atoms with E-state index in [4.69, 9.17) is 16.6 Å². The van der Waals surface area contributed by atoms with Gasteiger partial charge in [0.2, 0.25) is 0 Å². The van der Waals surface area contributed by atoms with Crippen molar-refractivity contribution in [2.24, 2.45) is 9.98 Å². The van der Waals surface area contributed by atoms with E-state index < -0.39 is 23.5 Å². The molecular weight excluding hydrogens is 698 g/mol. The third kappa shape index (κ3) is 8.65. The second-order valence-corrected chi connectivity index (χ2v) is 14.4. The van der Waals surface area contributed by atoms with E-state index in [0.29, 0.717) is 25.3 Å². The minimum atomic E-state index is -5.03. The Morgan fingerprint density at radius 3 is 1.69 bits per heavy atom. The molecule has 0 aromatic heterocycles. The predicted octanol–water partition coefficient (Wildman–Crippen LogP) is 12.4. The van der Waals surface area contributed by atoms with Gasteiger partial charge in [0.15, 0.2) is 0 Å². The summed E-state index contributed by atoms with van der Waals surface area (Å²) in [4.78, 5) is 13.9. The van der Waals surface area contributed by atoms with Gasteiger partial charge in [-0.3, -0.25) is 0 Å². The second kappa shape index (κ2) is 15.3. The molecule has 5 rings (SSSR count). The highest BCUT2D eigenvalue weighted by molar-refractivity contribution is 6.33. The van der Waals surface area contributed by atoms with Gasteiger partial charge in [-0.25, -0.2) is 9.98 Å². The van der Waals surface area contributed by atoms with E-state index in [1.54, 1.807) is 29.2 Å². The minimum absolute atomic E-state index is 0.0587. The molecule has 1 fully saturated rings. The van der Waals surface area contributed by atoms with Gasteiger partial charge in [0, 0.05) is 24.2 Å². The van der Waals surface area contributed by atoms with Gasteiger partial charge in [0.05, 0.1) is 34.2 Å². The summed E-state index contributed by atoms with van der Waals surface area (Å²) in [5.41, 5.74) is 4.07. The van der Waals surface area contributed by atoms with Gasteiger partial charge < -0.3 is 9.80 Å². The van der Waals surface area contributed by atoms with Crippen LogP contribution in [-0.4, -0.2) is 41.2 Å². The van der Waals surface area contributed by atoms with Crippen LogP contribution in [0.3, 0.4) is 0 Å². The number of nitrogens with zero attached hydrogens (tertiary/aromatic N) is 4. The second-order valence-electron chi connectivity index (χ2n) is 14.0. The zero-order valence-electron chi connectivity index (χ0n) is 30.3. The number of benzene rings is 4. The van der Waals surface area contributed by atoms with Crippen molar-refractivity contribution < 1.29 is 26.3 Å². The van der Waals surface area contributed by atoms with Crippen LogP contribution in [0.15, 0.2) is 82.8 Å². The molecule has 0 radical (unpaired) electrons. The lowest BCUT2D eigenvalue weighted by atomic mass is 9.92. The SMILES string of the molecule is Cc1cc(C)c(C(=Nc2c(C(C)C)cccc2C(C)C)N2CCCN(C(=Nc3ccccc3Cl)c3cc(C(F)(F)F)cc(C(F)(F)F)c3)C2)c(C)c1. The largest absolute Gasteiger partial charge is 0.416 e. The summed E-state index contributed by atoms with van der Waals surface area (Å²) in [5, 5.41) is 0.205. The van der Waals surface area contributed by atoms with Crippen molar-refractivity contribution in [3.8, 4) is 0 Å². The van der Waals surface area contributed by atoms with Crippen LogP contribution >= 0.6 is 11.6 Å². The van der Waals surface area contributed by atoms with Crippen LogP contribution in [0, 0.1) is 20.8 Å². The first-order valence-electron chi connectivity index (χ1n) is 17.3. The van der Waals surface area contributed by atoms with Crippen LogP contribution in [0.2, 0.25) is 5.02 Å². The maximum absolute atomic E-state index is 14.1. The molecule has 11 heteroatoms. The van der Waals surface area contributed by atoms with Crippen LogP contribution in [0.1, 0.15) is 96.0 Å². The zero-order valence-corrected chi connectivity index (χ0v) is 31.1. The Labute approximate surface area is 306 Å². The quantitative estimate of drug-likeness (QED) is 0.112.